The number of carbonyl (C=O) groups is 2. The molecule has 1 N–H and O–H groups in total. The van der Waals surface area contributed by atoms with Gasteiger partial charge >= 0.3 is 6.18 Å². The number of hydrogen-bond donors (Lipinski definition) is 1. The van der Waals surface area contributed by atoms with Gasteiger partial charge in [0, 0.05) is 31.5 Å². The lowest BCUT2D eigenvalue weighted by Gasteiger charge is -2.24. The zero-order valence-electron chi connectivity index (χ0n) is 18.5. The SMILES string of the molecule is CC[C@@H](NC(=O)c1cc(C(=O)N2CCCC2C)n2c1COCC2)c1ncc(C(F)(F)F)cn1. The molecule has 2 aromatic rings. The smallest absolute Gasteiger partial charge is 0.373 e. The van der Waals surface area contributed by atoms with Crippen LogP contribution in [0.4, 0.5) is 13.2 Å². The molecule has 33 heavy (non-hydrogen) atoms. The van der Waals surface area contributed by atoms with E-state index in [9.17, 15) is 22.8 Å². The summed E-state index contributed by atoms with van der Waals surface area (Å²) in [7, 11) is 0. The van der Waals surface area contributed by atoms with Crippen LogP contribution < -0.4 is 5.32 Å². The van der Waals surface area contributed by atoms with E-state index in [0.29, 0.717) is 55.5 Å². The number of rotatable bonds is 5. The summed E-state index contributed by atoms with van der Waals surface area (Å²) in [5.41, 5.74) is 0.420. The average Bonchev–Trinajstić information content (AvgIpc) is 3.40. The molecule has 0 spiro atoms. The monoisotopic (exact) mass is 465 g/mol. The van der Waals surface area contributed by atoms with Crippen LogP contribution >= 0.6 is 0 Å². The van der Waals surface area contributed by atoms with Gasteiger partial charge in [0.15, 0.2) is 0 Å². The molecule has 4 heterocycles. The first-order chi connectivity index (χ1) is 15.7. The Kier molecular flexibility index (Phi) is 6.42. The van der Waals surface area contributed by atoms with Crippen LogP contribution in [0.3, 0.4) is 0 Å². The highest BCUT2D eigenvalue weighted by Crippen LogP contribution is 2.29. The minimum atomic E-state index is -4.54. The number of likely N-dealkylation sites (tertiary alicyclic amines) is 1. The normalized spacial score (nSPS) is 19.3. The Labute approximate surface area is 189 Å². The maximum absolute atomic E-state index is 13.2. The molecular formula is C22H26F3N5O3. The molecule has 8 nitrogen and oxygen atoms in total. The van der Waals surface area contributed by atoms with Gasteiger partial charge in [0.25, 0.3) is 11.8 Å². The number of carbonyl (C=O) groups excluding carboxylic acids is 2. The van der Waals surface area contributed by atoms with Crippen molar-refractivity contribution in [1.82, 2.24) is 24.8 Å². The standard InChI is InChI=1S/C22H26F3N5O3/c1-3-16(19-26-10-14(11-27-19)22(23,24)25)28-20(31)15-9-17(30-7-8-33-12-18(15)30)21(32)29-6-4-5-13(29)2/h9-11,13,16H,3-8,12H2,1-2H3,(H,28,31)/t13?,16-/m1/s1. The molecule has 1 unspecified atom stereocenters. The largest absolute Gasteiger partial charge is 0.419 e. The fourth-order valence-corrected chi connectivity index (χ4v) is 4.33. The van der Waals surface area contributed by atoms with Crippen LogP contribution in [0.5, 0.6) is 0 Å². The van der Waals surface area contributed by atoms with E-state index in [0.717, 1.165) is 12.8 Å². The lowest BCUT2D eigenvalue weighted by atomic mass is 10.1. The topological polar surface area (TPSA) is 89.4 Å². The summed E-state index contributed by atoms with van der Waals surface area (Å²) in [6, 6.07) is 1.05. The molecule has 4 rings (SSSR count). The summed E-state index contributed by atoms with van der Waals surface area (Å²) in [6.45, 7) is 5.56. The maximum atomic E-state index is 13.2. The van der Waals surface area contributed by atoms with E-state index in [2.05, 4.69) is 15.3 Å². The average molecular weight is 465 g/mol. The van der Waals surface area contributed by atoms with E-state index in [4.69, 9.17) is 4.74 Å². The number of fused-ring (bicyclic) bond motifs is 1. The fourth-order valence-electron chi connectivity index (χ4n) is 4.33. The van der Waals surface area contributed by atoms with Crippen molar-refractivity contribution in [3.05, 3.63) is 46.8 Å². The van der Waals surface area contributed by atoms with Crippen molar-refractivity contribution in [3.8, 4) is 0 Å². The number of nitrogens with zero attached hydrogens (tertiary/aromatic N) is 4. The molecule has 0 radical (unpaired) electrons. The zero-order chi connectivity index (χ0) is 23.8. The second-order valence-corrected chi connectivity index (χ2v) is 8.35. The van der Waals surface area contributed by atoms with Gasteiger partial charge in [-0.15, -0.1) is 0 Å². The number of amides is 2. The van der Waals surface area contributed by atoms with Crippen molar-refractivity contribution < 1.29 is 27.5 Å². The van der Waals surface area contributed by atoms with Gasteiger partial charge in [-0.1, -0.05) is 6.92 Å². The molecule has 2 amide bonds. The zero-order valence-corrected chi connectivity index (χ0v) is 18.5. The van der Waals surface area contributed by atoms with Gasteiger partial charge in [-0.25, -0.2) is 9.97 Å². The molecular weight excluding hydrogens is 439 g/mol. The molecule has 2 aliphatic rings. The Morgan fingerprint density at radius 2 is 2.00 bits per heavy atom. The molecule has 11 heteroatoms. The minimum absolute atomic E-state index is 0.0883. The molecule has 0 bridgehead atoms. The minimum Gasteiger partial charge on any atom is -0.373 e. The predicted molar refractivity (Wildman–Crippen MR) is 111 cm³/mol. The Bertz CT molecular complexity index is 1040. The second-order valence-electron chi connectivity index (χ2n) is 8.35. The Morgan fingerprint density at radius 1 is 1.27 bits per heavy atom. The Hall–Kier alpha value is -2.95. The molecule has 2 aromatic heterocycles. The lowest BCUT2D eigenvalue weighted by molar-refractivity contribution is -0.138. The third-order valence-electron chi connectivity index (χ3n) is 6.21. The summed E-state index contributed by atoms with van der Waals surface area (Å²) >= 11 is 0. The summed E-state index contributed by atoms with van der Waals surface area (Å²) in [4.78, 5) is 35.8. The van der Waals surface area contributed by atoms with Crippen molar-refractivity contribution >= 4 is 11.8 Å². The first kappa shape index (κ1) is 23.2. The van der Waals surface area contributed by atoms with Crippen molar-refractivity contribution in [2.45, 2.75) is 64.5 Å². The van der Waals surface area contributed by atoms with Crippen molar-refractivity contribution in [3.63, 3.8) is 0 Å². The summed E-state index contributed by atoms with van der Waals surface area (Å²) in [5, 5.41) is 2.80. The number of aromatic nitrogens is 3. The van der Waals surface area contributed by atoms with Crippen molar-refractivity contribution in [2.24, 2.45) is 0 Å². The van der Waals surface area contributed by atoms with E-state index in [1.54, 1.807) is 13.0 Å². The van der Waals surface area contributed by atoms with Crippen molar-refractivity contribution in [2.75, 3.05) is 13.2 Å². The van der Waals surface area contributed by atoms with E-state index in [1.165, 1.54) is 0 Å². The highest BCUT2D eigenvalue weighted by molar-refractivity contribution is 6.01. The lowest BCUT2D eigenvalue weighted by Crippen LogP contribution is -2.35. The number of nitrogens with one attached hydrogen (secondary N) is 1. The van der Waals surface area contributed by atoms with E-state index < -0.39 is 23.7 Å². The first-order valence-electron chi connectivity index (χ1n) is 11.0. The molecule has 0 aromatic carbocycles. The Morgan fingerprint density at radius 3 is 2.61 bits per heavy atom. The molecule has 1 fully saturated rings. The third-order valence-corrected chi connectivity index (χ3v) is 6.21. The van der Waals surface area contributed by atoms with E-state index in [-0.39, 0.29) is 24.4 Å². The van der Waals surface area contributed by atoms with Crippen LogP contribution in [0.25, 0.3) is 0 Å². The molecule has 0 saturated carbocycles. The number of alkyl halides is 3. The van der Waals surface area contributed by atoms with E-state index in [1.807, 2.05) is 16.4 Å². The van der Waals surface area contributed by atoms with Crippen LogP contribution in [0, 0.1) is 0 Å². The van der Waals surface area contributed by atoms with Gasteiger partial charge in [-0.05, 0) is 32.3 Å². The first-order valence-corrected chi connectivity index (χ1v) is 11.0. The predicted octanol–water partition coefficient (Wildman–Crippen LogP) is 3.33. The summed E-state index contributed by atoms with van der Waals surface area (Å²) < 4.78 is 45.8. The van der Waals surface area contributed by atoms with Crippen LogP contribution in [-0.4, -0.2) is 50.4 Å². The fraction of sp³-hybridized carbons (Fsp3) is 0.545. The van der Waals surface area contributed by atoms with Gasteiger partial charge in [-0.3, -0.25) is 9.59 Å². The maximum Gasteiger partial charge on any atom is 0.419 e. The number of ether oxygens (including phenoxy) is 1. The summed E-state index contributed by atoms with van der Waals surface area (Å²) in [6.07, 6.45) is -0.854. The molecule has 1 saturated heterocycles. The summed E-state index contributed by atoms with van der Waals surface area (Å²) in [5.74, 6) is -0.473. The van der Waals surface area contributed by atoms with Crippen LogP contribution in [0.1, 0.15) is 77.1 Å². The highest BCUT2D eigenvalue weighted by atomic mass is 19.4. The molecule has 2 atom stereocenters. The van der Waals surface area contributed by atoms with Crippen LogP contribution in [-0.2, 0) is 24.1 Å². The number of halogens is 3. The molecule has 0 aliphatic carbocycles. The Balaban J connectivity index is 1.58. The van der Waals surface area contributed by atoms with Gasteiger partial charge in [0.2, 0.25) is 0 Å². The van der Waals surface area contributed by atoms with Gasteiger partial charge in [-0.2, -0.15) is 13.2 Å². The van der Waals surface area contributed by atoms with E-state index >= 15 is 0 Å². The van der Waals surface area contributed by atoms with Crippen molar-refractivity contribution in [1.29, 1.82) is 0 Å². The third kappa shape index (κ3) is 4.59. The van der Waals surface area contributed by atoms with Gasteiger partial charge in [0.05, 0.1) is 36.1 Å². The van der Waals surface area contributed by atoms with Gasteiger partial charge < -0.3 is 19.5 Å². The second kappa shape index (κ2) is 9.12. The quantitative estimate of drug-likeness (QED) is 0.732. The number of hydrogen-bond acceptors (Lipinski definition) is 5. The highest BCUT2D eigenvalue weighted by Gasteiger charge is 2.34. The molecule has 178 valence electrons. The van der Waals surface area contributed by atoms with Crippen LogP contribution in [0.15, 0.2) is 18.5 Å². The van der Waals surface area contributed by atoms with Gasteiger partial charge in [0.1, 0.15) is 11.5 Å². The van der Waals surface area contributed by atoms with Crippen LogP contribution in [0.2, 0.25) is 0 Å². The molecule has 2 aliphatic heterocycles.